The molecule has 0 aliphatic heterocycles. The number of nitrogens with zero attached hydrogens (tertiary/aromatic N) is 3. The van der Waals surface area contributed by atoms with Crippen molar-refractivity contribution >= 4 is 82.1 Å². The molecule has 0 aliphatic rings. The van der Waals surface area contributed by atoms with Crippen LogP contribution in [0.1, 0.15) is 0 Å². The number of aromatic nitrogens is 3. The van der Waals surface area contributed by atoms with Gasteiger partial charge in [0.2, 0.25) is 0 Å². The third-order valence-electron chi connectivity index (χ3n) is 8.50. The normalized spacial score (nSPS) is 12.5. The molecule has 0 N–H and O–H groups in total. The Labute approximate surface area is 227 Å². The molecule has 4 heteroatoms. The molecule has 0 spiro atoms. The zero-order valence-corrected chi connectivity index (χ0v) is 21.2. The summed E-state index contributed by atoms with van der Waals surface area (Å²) >= 11 is 0. The number of benzene rings is 6. The summed E-state index contributed by atoms with van der Waals surface area (Å²) in [6.07, 6.45) is 0. The molecule has 0 atom stereocenters. The van der Waals surface area contributed by atoms with Crippen LogP contribution in [0.25, 0.3) is 93.2 Å². The minimum Gasteiger partial charge on any atom is -0.456 e. The quantitative estimate of drug-likeness (QED) is 0.221. The average Bonchev–Trinajstić information content (AvgIpc) is 3.64. The Morgan fingerprint density at radius 1 is 0.525 bits per heavy atom. The van der Waals surface area contributed by atoms with Gasteiger partial charge in [-0.15, -0.1) is 0 Å². The van der Waals surface area contributed by atoms with Crippen LogP contribution < -0.4 is 0 Å². The molecule has 0 aliphatic carbocycles. The van der Waals surface area contributed by atoms with Crippen LogP contribution in [-0.2, 0) is 0 Å². The van der Waals surface area contributed by atoms with Crippen LogP contribution in [-0.4, -0.2) is 14.4 Å². The molecule has 4 nitrogen and oxygen atoms in total. The Hall–Kier alpha value is -5.48. The van der Waals surface area contributed by atoms with Gasteiger partial charge in [-0.25, -0.2) is 9.97 Å². The summed E-state index contributed by atoms with van der Waals surface area (Å²) < 4.78 is 8.82. The van der Waals surface area contributed by atoms with Crippen LogP contribution in [0.2, 0.25) is 0 Å². The molecule has 10 aromatic rings. The van der Waals surface area contributed by atoms with Crippen LogP contribution in [0.3, 0.4) is 0 Å². The van der Waals surface area contributed by atoms with Crippen molar-refractivity contribution in [2.24, 2.45) is 0 Å². The molecule has 0 saturated heterocycles. The van der Waals surface area contributed by atoms with Crippen molar-refractivity contribution in [1.82, 2.24) is 14.4 Å². The van der Waals surface area contributed by atoms with Crippen LogP contribution in [0.5, 0.6) is 0 Å². The second kappa shape index (κ2) is 7.13. The van der Waals surface area contributed by atoms with Crippen molar-refractivity contribution < 1.29 is 4.42 Å². The summed E-state index contributed by atoms with van der Waals surface area (Å²) in [5.41, 5.74) is 10.1. The van der Waals surface area contributed by atoms with Gasteiger partial charge in [0.1, 0.15) is 16.7 Å². The van der Waals surface area contributed by atoms with E-state index in [1.807, 2.05) is 24.3 Å². The van der Waals surface area contributed by atoms with Gasteiger partial charge in [-0.3, -0.25) is 4.40 Å². The summed E-state index contributed by atoms with van der Waals surface area (Å²) in [7, 11) is 0. The maximum atomic E-state index is 6.53. The fourth-order valence-corrected chi connectivity index (χ4v) is 6.72. The van der Waals surface area contributed by atoms with Crippen molar-refractivity contribution in [1.29, 1.82) is 0 Å². The predicted molar refractivity (Wildman–Crippen MR) is 164 cm³/mol. The summed E-state index contributed by atoms with van der Waals surface area (Å²) in [6, 6.07) is 40.6. The van der Waals surface area contributed by atoms with E-state index < -0.39 is 0 Å². The summed E-state index contributed by atoms with van der Waals surface area (Å²) in [5.74, 6) is 0. The lowest BCUT2D eigenvalue weighted by atomic mass is 9.97. The number of hydrogen-bond acceptors (Lipinski definition) is 3. The van der Waals surface area contributed by atoms with Gasteiger partial charge in [0, 0.05) is 26.9 Å². The van der Waals surface area contributed by atoms with Gasteiger partial charge < -0.3 is 4.42 Å². The zero-order chi connectivity index (χ0) is 25.9. The molecular formula is C36H19N3O. The molecule has 40 heavy (non-hydrogen) atoms. The van der Waals surface area contributed by atoms with E-state index in [1.54, 1.807) is 0 Å². The largest absolute Gasteiger partial charge is 0.456 e. The molecule has 4 heterocycles. The van der Waals surface area contributed by atoms with Crippen LogP contribution in [0.15, 0.2) is 120 Å². The first-order chi connectivity index (χ1) is 19.8. The van der Waals surface area contributed by atoms with Gasteiger partial charge in [-0.05, 0) is 58.3 Å². The minimum absolute atomic E-state index is 0.894. The third kappa shape index (κ3) is 2.51. The topological polar surface area (TPSA) is 43.3 Å². The molecule has 4 aromatic heterocycles. The summed E-state index contributed by atoms with van der Waals surface area (Å²) in [4.78, 5) is 10.1. The lowest BCUT2D eigenvalue weighted by molar-refractivity contribution is 0.669. The Morgan fingerprint density at radius 2 is 1.27 bits per heavy atom. The van der Waals surface area contributed by atoms with Crippen molar-refractivity contribution in [3.63, 3.8) is 0 Å². The molecule has 0 radical (unpaired) electrons. The molecule has 184 valence electrons. The molecular weight excluding hydrogens is 490 g/mol. The molecule has 0 bridgehead atoms. The van der Waals surface area contributed by atoms with E-state index in [-0.39, 0.29) is 0 Å². The fraction of sp³-hybridized carbons (Fsp3) is 0. The Kier molecular flexibility index (Phi) is 3.65. The first kappa shape index (κ1) is 20.5. The molecule has 0 fully saturated rings. The van der Waals surface area contributed by atoms with Crippen molar-refractivity contribution in [3.05, 3.63) is 115 Å². The van der Waals surface area contributed by atoms with Crippen LogP contribution in [0.4, 0.5) is 0 Å². The molecule has 6 aromatic carbocycles. The Balaban J connectivity index is 1.29. The number of furan rings is 1. The number of hydrogen-bond donors (Lipinski definition) is 0. The highest BCUT2D eigenvalue weighted by molar-refractivity contribution is 6.25. The zero-order valence-electron chi connectivity index (χ0n) is 21.2. The highest BCUT2D eigenvalue weighted by Crippen LogP contribution is 2.42. The van der Waals surface area contributed by atoms with E-state index in [2.05, 4.69) is 95.4 Å². The summed E-state index contributed by atoms with van der Waals surface area (Å²) in [5, 5.41) is 8.18. The fourth-order valence-electron chi connectivity index (χ4n) is 6.72. The van der Waals surface area contributed by atoms with E-state index in [0.717, 1.165) is 66.1 Å². The van der Waals surface area contributed by atoms with Gasteiger partial charge in [-0.1, -0.05) is 78.9 Å². The maximum absolute atomic E-state index is 6.53. The number of rotatable bonds is 1. The standard InChI is InChI=1S/C36H19N3O/c1-2-9-22-20(7-1)8-5-10-23(22)21-15-16-24-28-18-31-27(19-33(28)40-32(24)17-21)25-11-6-12-26-34-36(39(31)35(25)26)38-30-14-4-3-13-29(30)37-34/h1-19H. The van der Waals surface area contributed by atoms with E-state index in [4.69, 9.17) is 14.4 Å². The monoisotopic (exact) mass is 509 g/mol. The second-order valence-electron chi connectivity index (χ2n) is 10.6. The van der Waals surface area contributed by atoms with Gasteiger partial charge in [0.05, 0.1) is 22.1 Å². The molecule has 0 amide bonds. The van der Waals surface area contributed by atoms with Crippen LogP contribution >= 0.6 is 0 Å². The maximum Gasteiger partial charge on any atom is 0.165 e. The Bertz CT molecular complexity index is 2650. The van der Waals surface area contributed by atoms with E-state index >= 15 is 0 Å². The van der Waals surface area contributed by atoms with Gasteiger partial charge in [-0.2, -0.15) is 0 Å². The number of fused-ring (bicyclic) bond motifs is 11. The lowest BCUT2D eigenvalue weighted by Crippen LogP contribution is -1.88. The molecule has 0 saturated carbocycles. The predicted octanol–water partition coefficient (Wildman–Crippen LogP) is 9.50. The summed E-state index contributed by atoms with van der Waals surface area (Å²) in [6.45, 7) is 0. The average molecular weight is 510 g/mol. The van der Waals surface area contributed by atoms with Crippen molar-refractivity contribution in [2.75, 3.05) is 0 Å². The van der Waals surface area contributed by atoms with Gasteiger partial charge in [0.15, 0.2) is 5.65 Å². The first-order valence-corrected chi connectivity index (χ1v) is 13.5. The molecule has 10 rings (SSSR count). The van der Waals surface area contributed by atoms with E-state index in [0.29, 0.717) is 0 Å². The Morgan fingerprint density at radius 3 is 2.23 bits per heavy atom. The molecule has 0 unspecified atom stereocenters. The SMILES string of the molecule is c1ccc2c(-c3ccc4c(c3)oc3cc5c6cccc7c8nc9ccccc9nc8n(c5cc34)c67)cccc2c1. The first-order valence-electron chi connectivity index (χ1n) is 13.5. The highest BCUT2D eigenvalue weighted by Gasteiger charge is 2.21. The van der Waals surface area contributed by atoms with E-state index in [9.17, 15) is 0 Å². The van der Waals surface area contributed by atoms with Crippen molar-refractivity contribution in [2.45, 2.75) is 0 Å². The van der Waals surface area contributed by atoms with E-state index in [1.165, 1.54) is 27.1 Å². The van der Waals surface area contributed by atoms with Crippen molar-refractivity contribution in [3.8, 4) is 11.1 Å². The van der Waals surface area contributed by atoms with Crippen LogP contribution in [0, 0.1) is 0 Å². The van der Waals surface area contributed by atoms with Gasteiger partial charge in [0.25, 0.3) is 0 Å². The smallest absolute Gasteiger partial charge is 0.165 e. The minimum atomic E-state index is 0.894. The number of para-hydroxylation sites is 3. The lowest BCUT2D eigenvalue weighted by Gasteiger charge is -2.06. The van der Waals surface area contributed by atoms with Gasteiger partial charge >= 0.3 is 0 Å². The third-order valence-corrected chi connectivity index (χ3v) is 8.50. The second-order valence-corrected chi connectivity index (χ2v) is 10.6. The highest BCUT2D eigenvalue weighted by atomic mass is 16.3.